The van der Waals surface area contributed by atoms with Crippen molar-refractivity contribution < 1.29 is 14.7 Å². The molecule has 3 aromatic rings. The summed E-state index contributed by atoms with van der Waals surface area (Å²) in [6.07, 6.45) is 2.20. The lowest BCUT2D eigenvalue weighted by Gasteiger charge is -2.27. The summed E-state index contributed by atoms with van der Waals surface area (Å²) < 4.78 is 0. The Morgan fingerprint density at radius 2 is 2.10 bits per heavy atom. The Morgan fingerprint density at radius 3 is 2.87 bits per heavy atom. The average Bonchev–Trinajstić information content (AvgIpc) is 3.25. The number of piperidine rings is 1. The topological polar surface area (TPSA) is 121 Å². The molecule has 2 aromatic heterocycles. The minimum Gasteiger partial charge on any atom is -0.465 e. The molecule has 0 radical (unpaired) electrons. The van der Waals surface area contributed by atoms with E-state index in [1.165, 1.54) is 16.2 Å². The maximum atomic E-state index is 12.5. The van der Waals surface area contributed by atoms with Crippen LogP contribution in [0.25, 0.3) is 10.8 Å². The van der Waals surface area contributed by atoms with E-state index < -0.39 is 6.09 Å². The van der Waals surface area contributed by atoms with Crippen molar-refractivity contribution in [3.8, 4) is 11.8 Å². The second-order valence-corrected chi connectivity index (χ2v) is 8.14. The maximum Gasteiger partial charge on any atom is 0.407 e. The van der Waals surface area contributed by atoms with Crippen molar-refractivity contribution in [1.82, 2.24) is 20.2 Å². The molecule has 0 aliphatic carbocycles. The first kappa shape index (κ1) is 20.6. The van der Waals surface area contributed by atoms with Gasteiger partial charge in [-0.3, -0.25) is 4.79 Å². The number of carbonyl (C=O) groups excluding carboxylic acids is 1. The van der Waals surface area contributed by atoms with Crippen LogP contribution < -0.4 is 11.1 Å². The van der Waals surface area contributed by atoms with Crippen molar-refractivity contribution in [1.29, 1.82) is 0 Å². The zero-order valence-corrected chi connectivity index (χ0v) is 17.5. The number of fused-ring (bicyclic) bond motifs is 1. The van der Waals surface area contributed by atoms with E-state index in [4.69, 9.17) is 10.8 Å². The standard InChI is InChI=1S/C22H21N5O3S/c23-19-18-4-2-15(11-16(18)5-8-24-19)12-25-20(28)21-26-17(13-31-21)3-1-14-6-9-27(10-7-14)22(29)30/h2,4-5,8,11,13-14H,6-7,9-10,12H2,(H2,23,24)(H,25,28)(H,29,30). The van der Waals surface area contributed by atoms with Crippen LogP contribution >= 0.6 is 11.3 Å². The number of amides is 2. The van der Waals surface area contributed by atoms with Crippen molar-refractivity contribution in [3.05, 3.63) is 52.1 Å². The van der Waals surface area contributed by atoms with Crippen LogP contribution in [-0.2, 0) is 6.54 Å². The minimum atomic E-state index is -0.883. The third-order valence-electron chi connectivity index (χ3n) is 5.18. The fraction of sp³-hybridized carbons (Fsp3) is 0.273. The highest BCUT2D eigenvalue weighted by molar-refractivity contribution is 7.11. The molecule has 158 valence electrons. The van der Waals surface area contributed by atoms with Gasteiger partial charge in [0.05, 0.1) is 0 Å². The summed E-state index contributed by atoms with van der Waals surface area (Å²) in [5, 5.41) is 15.9. The number of carbonyl (C=O) groups is 2. The lowest BCUT2D eigenvalue weighted by atomic mass is 9.98. The first-order valence-corrected chi connectivity index (χ1v) is 10.7. The van der Waals surface area contributed by atoms with Crippen LogP contribution in [0.5, 0.6) is 0 Å². The zero-order chi connectivity index (χ0) is 21.8. The Hall–Kier alpha value is -3.64. The van der Waals surface area contributed by atoms with Gasteiger partial charge >= 0.3 is 6.09 Å². The van der Waals surface area contributed by atoms with Crippen LogP contribution in [0.4, 0.5) is 10.6 Å². The molecule has 1 aliphatic heterocycles. The van der Waals surface area contributed by atoms with Crippen LogP contribution in [-0.4, -0.2) is 45.1 Å². The number of thiazole rings is 1. The summed E-state index contributed by atoms with van der Waals surface area (Å²) in [4.78, 5) is 33.2. The van der Waals surface area contributed by atoms with Crippen molar-refractivity contribution >= 4 is 39.9 Å². The number of hydrogen-bond donors (Lipinski definition) is 3. The Balaban J connectivity index is 1.33. The maximum absolute atomic E-state index is 12.5. The van der Waals surface area contributed by atoms with Crippen LogP contribution in [0.15, 0.2) is 35.8 Å². The van der Waals surface area contributed by atoms with Gasteiger partial charge < -0.3 is 21.1 Å². The number of nitrogen functional groups attached to an aromatic ring is 1. The number of aromatic nitrogens is 2. The molecule has 3 heterocycles. The Morgan fingerprint density at radius 1 is 1.29 bits per heavy atom. The molecule has 0 saturated carbocycles. The van der Waals surface area contributed by atoms with E-state index >= 15 is 0 Å². The quantitative estimate of drug-likeness (QED) is 0.544. The van der Waals surface area contributed by atoms with Crippen molar-refractivity contribution in [2.24, 2.45) is 5.92 Å². The van der Waals surface area contributed by atoms with E-state index in [1.807, 2.05) is 24.3 Å². The molecule has 1 saturated heterocycles. The van der Waals surface area contributed by atoms with Crippen molar-refractivity contribution in [2.45, 2.75) is 19.4 Å². The Kier molecular flexibility index (Phi) is 6.00. The molecule has 0 unspecified atom stereocenters. The van der Waals surface area contributed by atoms with E-state index in [-0.39, 0.29) is 11.8 Å². The number of rotatable bonds is 3. The van der Waals surface area contributed by atoms with E-state index in [0.29, 0.717) is 49.0 Å². The van der Waals surface area contributed by atoms with E-state index in [0.717, 1.165) is 16.3 Å². The highest BCUT2D eigenvalue weighted by atomic mass is 32.1. The number of carboxylic acid groups (broad SMARTS) is 1. The summed E-state index contributed by atoms with van der Waals surface area (Å²) in [5.41, 5.74) is 7.39. The number of benzene rings is 1. The molecule has 8 nitrogen and oxygen atoms in total. The number of pyridine rings is 1. The monoisotopic (exact) mass is 435 g/mol. The second kappa shape index (κ2) is 9.02. The normalized spacial score (nSPS) is 14.1. The molecular formula is C22H21N5O3S. The number of nitrogens with two attached hydrogens (primary N) is 1. The number of hydrogen-bond acceptors (Lipinski definition) is 6. The molecule has 0 atom stereocenters. The van der Waals surface area contributed by atoms with Crippen LogP contribution in [0.1, 0.15) is 33.9 Å². The Bertz CT molecular complexity index is 1190. The van der Waals surface area contributed by atoms with Gasteiger partial charge in [0.25, 0.3) is 5.91 Å². The highest BCUT2D eigenvalue weighted by Crippen LogP contribution is 2.20. The van der Waals surface area contributed by atoms with Crippen LogP contribution in [0.3, 0.4) is 0 Å². The zero-order valence-electron chi connectivity index (χ0n) is 16.7. The first-order valence-electron chi connectivity index (χ1n) is 9.86. The summed E-state index contributed by atoms with van der Waals surface area (Å²) in [7, 11) is 0. The molecule has 0 bridgehead atoms. The van der Waals surface area contributed by atoms with E-state index in [1.54, 1.807) is 11.6 Å². The Labute approximate surface area is 183 Å². The van der Waals surface area contributed by atoms with Gasteiger partial charge in [-0.15, -0.1) is 11.3 Å². The van der Waals surface area contributed by atoms with Gasteiger partial charge in [0.2, 0.25) is 0 Å². The second-order valence-electron chi connectivity index (χ2n) is 7.29. The number of nitrogens with zero attached hydrogens (tertiary/aromatic N) is 3. The van der Waals surface area contributed by atoms with Crippen molar-refractivity contribution in [3.63, 3.8) is 0 Å². The smallest absolute Gasteiger partial charge is 0.407 e. The largest absolute Gasteiger partial charge is 0.465 e. The molecule has 0 spiro atoms. The van der Waals surface area contributed by atoms with Crippen LogP contribution in [0.2, 0.25) is 0 Å². The number of nitrogens with one attached hydrogen (secondary N) is 1. The molecular weight excluding hydrogens is 414 g/mol. The van der Waals surface area contributed by atoms with E-state index in [9.17, 15) is 9.59 Å². The lowest BCUT2D eigenvalue weighted by molar-refractivity contribution is 0.0950. The van der Waals surface area contributed by atoms with Gasteiger partial charge in [0.1, 0.15) is 11.5 Å². The molecule has 1 fully saturated rings. The third kappa shape index (κ3) is 4.92. The number of anilines is 1. The van der Waals surface area contributed by atoms with Gasteiger partial charge in [0, 0.05) is 42.5 Å². The molecule has 9 heteroatoms. The first-order chi connectivity index (χ1) is 15.0. The minimum absolute atomic E-state index is 0.145. The molecule has 4 rings (SSSR count). The van der Waals surface area contributed by atoms with Crippen molar-refractivity contribution in [2.75, 3.05) is 18.8 Å². The lowest BCUT2D eigenvalue weighted by Crippen LogP contribution is -2.37. The molecule has 31 heavy (non-hydrogen) atoms. The van der Waals surface area contributed by atoms with Gasteiger partial charge in [-0.05, 0) is 41.8 Å². The predicted octanol–water partition coefficient (Wildman–Crippen LogP) is 2.95. The third-order valence-corrected chi connectivity index (χ3v) is 6.02. The SMILES string of the molecule is Nc1nccc2cc(CNC(=O)c3nc(C#CC4CCN(C(=O)O)CC4)cs3)ccc12. The summed E-state index contributed by atoms with van der Waals surface area (Å²) in [6, 6.07) is 7.67. The van der Waals surface area contributed by atoms with Crippen LogP contribution in [0, 0.1) is 17.8 Å². The summed E-state index contributed by atoms with van der Waals surface area (Å²) in [5.74, 6) is 6.56. The van der Waals surface area contributed by atoms with Gasteiger partial charge in [-0.2, -0.15) is 0 Å². The number of likely N-dealkylation sites (tertiary alicyclic amines) is 1. The van der Waals surface area contributed by atoms with Gasteiger partial charge in [-0.25, -0.2) is 14.8 Å². The molecule has 2 amide bonds. The molecule has 1 aliphatic rings. The van der Waals surface area contributed by atoms with E-state index in [2.05, 4.69) is 27.1 Å². The fourth-order valence-corrected chi connectivity index (χ4v) is 4.11. The predicted molar refractivity (Wildman–Crippen MR) is 119 cm³/mol. The fourth-order valence-electron chi connectivity index (χ4n) is 3.45. The average molecular weight is 436 g/mol. The molecule has 1 aromatic carbocycles. The molecule has 4 N–H and O–H groups in total. The summed E-state index contributed by atoms with van der Waals surface area (Å²) >= 11 is 1.25. The van der Waals surface area contributed by atoms with Gasteiger partial charge in [-0.1, -0.05) is 18.1 Å². The summed E-state index contributed by atoms with van der Waals surface area (Å²) in [6.45, 7) is 1.37. The van der Waals surface area contributed by atoms with Gasteiger partial charge in [0.15, 0.2) is 5.01 Å². The highest BCUT2D eigenvalue weighted by Gasteiger charge is 2.20.